The van der Waals surface area contributed by atoms with Crippen LogP contribution in [0.3, 0.4) is 0 Å². The number of nitro groups is 1. The van der Waals surface area contributed by atoms with Gasteiger partial charge < -0.3 is 15.2 Å². The third kappa shape index (κ3) is 4.63. The molecule has 8 heteroatoms. The molecule has 0 bridgehead atoms. The van der Waals surface area contributed by atoms with Crippen molar-refractivity contribution in [2.24, 2.45) is 5.84 Å². The number of aromatic nitrogens is 1. The molecule has 0 radical (unpaired) electrons. The predicted molar refractivity (Wildman–Crippen MR) is 79.8 cm³/mol. The minimum Gasteiger partial charge on any atom is -0.357 e. The molecule has 0 spiro atoms. The van der Waals surface area contributed by atoms with E-state index < -0.39 is 4.92 Å². The van der Waals surface area contributed by atoms with E-state index in [1.54, 1.807) is 0 Å². The number of nitrogen functional groups attached to an aromatic ring is 1. The van der Waals surface area contributed by atoms with Gasteiger partial charge in [0.15, 0.2) is 0 Å². The number of nitrogens with one attached hydrogen (secondary N) is 1. The molecule has 1 aromatic heterocycles. The molecule has 0 aliphatic carbocycles. The van der Waals surface area contributed by atoms with Crippen LogP contribution in [0.1, 0.15) is 13.3 Å². The van der Waals surface area contributed by atoms with Gasteiger partial charge in [0.2, 0.25) is 0 Å². The van der Waals surface area contributed by atoms with Crippen molar-refractivity contribution in [1.82, 2.24) is 9.88 Å². The highest BCUT2D eigenvalue weighted by Crippen LogP contribution is 2.23. The average Bonchev–Trinajstić information content (AvgIpc) is 2.42. The van der Waals surface area contributed by atoms with E-state index in [-0.39, 0.29) is 5.69 Å². The van der Waals surface area contributed by atoms with Crippen LogP contribution in [0, 0.1) is 10.1 Å². The molecule has 0 fully saturated rings. The zero-order chi connectivity index (χ0) is 15.1. The third-order valence-corrected chi connectivity index (χ3v) is 2.89. The molecule has 0 unspecified atom stereocenters. The SMILES string of the molecule is CCN(CCCN(C)C)c1cc([N+](=O)[O-])cc(NN)n1. The largest absolute Gasteiger partial charge is 0.357 e. The summed E-state index contributed by atoms with van der Waals surface area (Å²) in [6, 6.07) is 2.79. The van der Waals surface area contributed by atoms with Gasteiger partial charge in [-0.25, -0.2) is 10.8 Å². The first-order valence-electron chi connectivity index (χ1n) is 6.50. The van der Waals surface area contributed by atoms with Crippen molar-refractivity contribution in [3.8, 4) is 0 Å². The number of hydrogen-bond acceptors (Lipinski definition) is 7. The summed E-state index contributed by atoms with van der Waals surface area (Å²) in [7, 11) is 4.02. The second kappa shape index (κ2) is 7.61. The highest BCUT2D eigenvalue weighted by Gasteiger charge is 2.14. The van der Waals surface area contributed by atoms with E-state index in [1.165, 1.54) is 12.1 Å². The number of anilines is 2. The molecule has 8 nitrogen and oxygen atoms in total. The van der Waals surface area contributed by atoms with Gasteiger partial charge in [0.25, 0.3) is 5.69 Å². The molecule has 0 saturated heterocycles. The minimum atomic E-state index is -0.445. The molecule has 0 aromatic carbocycles. The van der Waals surface area contributed by atoms with Gasteiger partial charge >= 0.3 is 0 Å². The summed E-state index contributed by atoms with van der Waals surface area (Å²) < 4.78 is 0. The molecule has 0 atom stereocenters. The number of rotatable bonds is 8. The van der Waals surface area contributed by atoms with Crippen LogP contribution < -0.4 is 16.2 Å². The molecule has 0 aliphatic rings. The summed E-state index contributed by atoms with van der Waals surface area (Å²) in [6.45, 7) is 4.46. The van der Waals surface area contributed by atoms with Gasteiger partial charge in [-0.3, -0.25) is 10.1 Å². The molecule has 1 heterocycles. The maximum Gasteiger partial charge on any atom is 0.276 e. The van der Waals surface area contributed by atoms with Crippen LogP contribution in [0.15, 0.2) is 12.1 Å². The van der Waals surface area contributed by atoms with Crippen LogP contribution in [0.5, 0.6) is 0 Å². The Morgan fingerprint density at radius 3 is 2.60 bits per heavy atom. The van der Waals surface area contributed by atoms with Crippen molar-refractivity contribution in [3.63, 3.8) is 0 Å². The van der Waals surface area contributed by atoms with E-state index in [0.717, 1.165) is 26.1 Å². The number of nitrogens with two attached hydrogens (primary N) is 1. The Hall–Kier alpha value is -1.93. The minimum absolute atomic E-state index is 0.0194. The van der Waals surface area contributed by atoms with Crippen molar-refractivity contribution < 1.29 is 4.92 Å². The van der Waals surface area contributed by atoms with Gasteiger partial charge in [0.05, 0.1) is 17.1 Å². The quantitative estimate of drug-likeness (QED) is 0.417. The number of nitrogens with zero attached hydrogens (tertiary/aromatic N) is 4. The Bertz CT molecular complexity index is 452. The summed E-state index contributed by atoms with van der Waals surface area (Å²) in [4.78, 5) is 18.8. The average molecular weight is 282 g/mol. The Balaban J connectivity index is 2.90. The second-order valence-corrected chi connectivity index (χ2v) is 4.71. The first kappa shape index (κ1) is 16.1. The Morgan fingerprint density at radius 1 is 1.40 bits per heavy atom. The fourth-order valence-corrected chi connectivity index (χ4v) is 1.86. The zero-order valence-electron chi connectivity index (χ0n) is 12.2. The third-order valence-electron chi connectivity index (χ3n) is 2.89. The summed E-state index contributed by atoms with van der Waals surface area (Å²) in [6.07, 6.45) is 0.955. The molecule has 0 saturated carbocycles. The van der Waals surface area contributed by atoms with Crippen molar-refractivity contribution in [1.29, 1.82) is 0 Å². The van der Waals surface area contributed by atoms with Crippen molar-refractivity contribution in [3.05, 3.63) is 22.2 Å². The molecule has 112 valence electrons. The highest BCUT2D eigenvalue weighted by molar-refractivity contribution is 5.55. The van der Waals surface area contributed by atoms with Gasteiger partial charge in [0, 0.05) is 13.1 Å². The molecule has 0 amide bonds. The van der Waals surface area contributed by atoms with Gasteiger partial charge in [0.1, 0.15) is 11.6 Å². The summed E-state index contributed by atoms with van der Waals surface area (Å²) in [5.74, 6) is 6.16. The van der Waals surface area contributed by atoms with E-state index in [9.17, 15) is 10.1 Å². The Labute approximate surface area is 118 Å². The normalized spacial score (nSPS) is 10.7. The van der Waals surface area contributed by atoms with Crippen molar-refractivity contribution in [2.45, 2.75) is 13.3 Å². The number of pyridine rings is 1. The lowest BCUT2D eigenvalue weighted by atomic mass is 10.3. The van der Waals surface area contributed by atoms with Gasteiger partial charge in [-0.2, -0.15) is 0 Å². The fraction of sp³-hybridized carbons (Fsp3) is 0.583. The van der Waals surface area contributed by atoms with E-state index in [1.807, 2.05) is 25.9 Å². The predicted octanol–water partition coefficient (Wildman–Crippen LogP) is 1.05. The molecular formula is C12H22N6O2. The maximum atomic E-state index is 10.9. The standard InChI is InChI=1S/C12H22N6O2/c1-4-17(7-5-6-16(2)3)12-9-10(18(19)20)8-11(14-12)15-13/h8-9H,4-7,13H2,1-3H3,(H,14,15). The smallest absolute Gasteiger partial charge is 0.276 e. The van der Waals surface area contributed by atoms with Crippen LogP contribution in [0.2, 0.25) is 0 Å². The molecule has 3 N–H and O–H groups in total. The van der Waals surface area contributed by atoms with Crippen LogP contribution in [0.4, 0.5) is 17.3 Å². The Kier molecular flexibility index (Phi) is 6.13. The molecule has 1 aromatic rings. The maximum absolute atomic E-state index is 10.9. The summed E-state index contributed by atoms with van der Waals surface area (Å²) >= 11 is 0. The number of hydrazine groups is 1. The van der Waals surface area contributed by atoms with Crippen LogP contribution in [-0.4, -0.2) is 48.5 Å². The van der Waals surface area contributed by atoms with Crippen molar-refractivity contribution >= 4 is 17.3 Å². The second-order valence-electron chi connectivity index (χ2n) is 4.71. The zero-order valence-corrected chi connectivity index (χ0v) is 12.2. The topological polar surface area (TPSA) is 101 Å². The summed E-state index contributed by atoms with van der Waals surface area (Å²) in [5.41, 5.74) is 2.35. The van der Waals surface area contributed by atoms with E-state index in [4.69, 9.17) is 5.84 Å². The first-order chi connectivity index (χ1) is 9.47. The molecular weight excluding hydrogens is 260 g/mol. The number of hydrogen-bond donors (Lipinski definition) is 2. The molecule has 1 rings (SSSR count). The van der Waals surface area contributed by atoms with Gasteiger partial charge in [-0.1, -0.05) is 0 Å². The van der Waals surface area contributed by atoms with Gasteiger partial charge in [-0.15, -0.1) is 0 Å². The van der Waals surface area contributed by atoms with E-state index in [0.29, 0.717) is 11.6 Å². The lowest BCUT2D eigenvalue weighted by molar-refractivity contribution is -0.384. The van der Waals surface area contributed by atoms with Gasteiger partial charge in [-0.05, 0) is 34.0 Å². The van der Waals surface area contributed by atoms with Crippen LogP contribution >= 0.6 is 0 Å². The van der Waals surface area contributed by atoms with Crippen LogP contribution in [0.25, 0.3) is 0 Å². The lowest BCUT2D eigenvalue weighted by Crippen LogP contribution is -2.28. The molecule has 0 aliphatic heterocycles. The monoisotopic (exact) mass is 282 g/mol. The van der Waals surface area contributed by atoms with E-state index >= 15 is 0 Å². The lowest BCUT2D eigenvalue weighted by Gasteiger charge is -2.23. The summed E-state index contributed by atoms with van der Waals surface area (Å²) in [5, 5.41) is 10.9. The fourth-order valence-electron chi connectivity index (χ4n) is 1.86. The molecule has 20 heavy (non-hydrogen) atoms. The van der Waals surface area contributed by atoms with Crippen LogP contribution in [-0.2, 0) is 0 Å². The van der Waals surface area contributed by atoms with E-state index in [2.05, 4.69) is 15.3 Å². The Morgan fingerprint density at radius 2 is 2.10 bits per heavy atom. The highest BCUT2D eigenvalue weighted by atomic mass is 16.6. The van der Waals surface area contributed by atoms with Crippen molar-refractivity contribution in [2.75, 3.05) is 44.1 Å². The first-order valence-corrected chi connectivity index (χ1v) is 6.50.